The molecule has 0 spiro atoms. The molecule has 2 aromatic rings. The smallest absolute Gasteiger partial charge is 0.239 e. The summed E-state index contributed by atoms with van der Waals surface area (Å²) in [5.41, 5.74) is 4.95. The lowest BCUT2D eigenvalue weighted by Crippen LogP contribution is -2.37. The summed E-state index contributed by atoms with van der Waals surface area (Å²) >= 11 is 0. The van der Waals surface area contributed by atoms with Crippen LogP contribution in [0.2, 0.25) is 0 Å². The largest absolute Gasteiger partial charge is 0.362 e. The van der Waals surface area contributed by atoms with Crippen LogP contribution in [0.5, 0.6) is 0 Å². The summed E-state index contributed by atoms with van der Waals surface area (Å²) < 4.78 is 0. The minimum atomic E-state index is 0.0854. The first-order valence-electron chi connectivity index (χ1n) is 8.37. The van der Waals surface area contributed by atoms with Gasteiger partial charge < -0.3 is 10.2 Å². The van der Waals surface area contributed by atoms with Crippen molar-refractivity contribution >= 4 is 11.6 Å². The Morgan fingerprint density at radius 3 is 2.70 bits per heavy atom. The molecule has 0 aromatic heterocycles. The molecule has 1 aliphatic rings. The number of para-hydroxylation sites is 1. The molecule has 120 valence electrons. The minimum absolute atomic E-state index is 0.0854. The average Bonchev–Trinajstić information content (AvgIpc) is 2.77. The van der Waals surface area contributed by atoms with Crippen LogP contribution >= 0.6 is 0 Å². The Morgan fingerprint density at radius 1 is 1.09 bits per heavy atom. The summed E-state index contributed by atoms with van der Waals surface area (Å²) in [6.45, 7) is 4.05. The van der Waals surface area contributed by atoms with E-state index >= 15 is 0 Å². The molecule has 1 N–H and O–H groups in total. The van der Waals surface area contributed by atoms with Gasteiger partial charge in [-0.25, -0.2) is 0 Å². The van der Waals surface area contributed by atoms with E-state index in [-0.39, 0.29) is 5.91 Å². The van der Waals surface area contributed by atoms with E-state index in [9.17, 15) is 4.79 Å². The topological polar surface area (TPSA) is 32.3 Å². The van der Waals surface area contributed by atoms with Crippen molar-refractivity contribution in [1.29, 1.82) is 0 Å². The molecule has 0 aliphatic carbocycles. The SMILES string of the molecule is Cc1ccc(CNC(=O)CN2CCCCc3ccccc32)cc1. The number of anilines is 1. The van der Waals surface area contributed by atoms with Gasteiger partial charge in [0.25, 0.3) is 0 Å². The number of nitrogens with one attached hydrogen (secondary N) is 1. The van der Waals surface area contributed by atoms with Crippen molar-refractivity contribution < 1.29 is 4.79 Å². The lowest BCUT2D eigenvalue weighted by molar-refractivity contribution is -0.119. The zero-order chi connectivity index (χ0) is 16.1. The Labute approximate surface area is 138 Å². The van der Waals surface area contributed by atoms with E-state index in [0.717, 1.165) is 24.9 Å². The molecule has 0 bridgehead atoms. The van der Waals surface area contributed by atoms with Crippen molar-refractivity contribution in [2.75, 3.05) is 18.0 Å². The predicted molar refractivity (Wildman–Crippen MR) is 94.6 cm³/mol. The average molecular weight is 308 g/mol. The van der Waals surface area contributed by atoms with Crippen LogP contribution in [-0.4, -0.2) is 19.0 Å². The number of carbonyl (C=O) groups excluding carboxylic acids is 1. The van der Waals surface area contributed by atoms with Gasteiger partial charge in [0.15, 0.2) is 0 Å². The number of rotatable bonds is 4. The zero-order valence-corrected chi connectivity index (χ0v) is 13.7. The van der Waals surface area contributed by atoms with E-state index in [2.05, 4.69) is 65.7 Å². The number of amides is 1. The third-order valence-electron chi connectivity index (χ3n) is 4.40. The number of nitrogens with zero attached hydrogens (tertiary/aromatic N) is 1. The van der Waals surface area contributed by atoms with E-state index < -0.39 is 0 Å². The maximum atomic E-state index is 12.3. The maximum Gasteiger partial charge on any atom is 0.239 e. The minimum Gasteiger partial charge on any atom is -0.362 e. The number of aryl methyl sites for hydroxylation is 2. The summed E-state index contributed by atoms with van der Waals surface area (Å²) in [6.07, 6.45) is 3.44. The lowest BCUT2D eigenvalue weighted by Gasteiger charge is -2.24. The summed E-state index contributed by atoms with van der Waals surface area (Å²) in [5, 5.41) is 3.04. The fourth-order valence-corrected chi connectivity index (χ4v) is 3.07. The number of benzene rings is 2. The van der Waals surface area contributed by atoms with Crippen molar-refractivity contribution in [3.05, 3.63) is 65.2 Å². The highest BCUT2D eigenvalue weighted by atomic mass is 16.2. The third-order valence-corrected chi connectivity index (χ3v) is 4.40. The van der Waals surface area contributed by atoms with Gasteiger partial charge in [-0.15, -0.1) is 0 Å². The molecule has 3 heteroatoms. The molecule has 2 aromatic carbocycles. The van der Waals surface area contributed by atoms with Crippen molar-refractivity contribution in [1.82, 2.24) is 5.32 Å². The molecule has 0 radical (unpaired) electrons. The van der Waals surface area contributed by atoms with Crippen LogP contribution in [-0.2, 0) is 17.8 Å². The second-order valence-electron chi connectivity index (χ2n) is 6.27. The normalized spacial score (nSPS) is 14.0. The van der Waals surface area contributed by atoms with E-state index in [1.54, 1.807) is 0 Å². The van der Waals surface area contributed by atoms with E-state index in [0.29, 0.717) is 13.1 Å². The number of carbonyl (C=O) groups is 1. The Balaban J connectivity index is 1.60. The van der Waals surface area contributed by atoms with Crippen LogP contribution in [0.1, 0.15) is 29.5 Å². The standard InChI is InChI=1S/C20H24N2O/c1-16-9-11-17(12-10-16)14-21-20(23)15-22-13-5-4-7-18-6-2-3-8-19(18)22/h2-3,6,8-12H,4-5,7,13-15H2,1H3,(H,21,23). The monoisotopic (exact) mass is 308 g/mol. The summed E-state index contributed by atoms with van der Waals surface area (Å²) in [6, 6.07) is 16.7. The highest BCUT2D eigenvalue weighted by molar-refractivity contribution is 5.81. The fourth-order valence-electron chi connectivity index (χ4n) is 3.07. The first-order valence-corrected chi connectivity index (χ1v) is 8.37. The van der Waals surface area contributed by atoms with Gasteiger partial charge in [-0.2, -0.15) is 0 Å². The second-order valence-corrected chi connectivity index (χ2v) is 6.27. The van der Waals surface area contributed by atoms with E-state index in [4.69, 9.17) is 0 Å². The van der Waals surface area contributed by atoms with E-state index in [1.807, 2.05) is 0 Å². The van der Waals surface area contributed by atoms with Crippen molar-refractivity contribution in [3.63, 3.8) is 0 Å². The molecule has 1 heterocycles. The van der Waals surface area contributed by atoms with Gasteiger partial charge in [0.2, 0.25) is 5.91 Å². The van der Waals surface area contributed by atoms with Crippen molar-refractivity contribution in [2.24, 2.45) is 0 Å². The zero-order valence-electron chi connectivity index (χ0n) is 13.7. The number of hydrogen-bond donors (Lipinski definition) is 1. The summed E-state index contributed by atoms with van der Waals surface area (Å²) in [5.74, 6) is 0.0854. The highest BCUT2D eigenvalue weighted by Gasteiger charge is 2.17. The summed E-state index contributed by atoms with van der Waals surface area (Å²) in [7, 11) is 0. The van der Waals surface area contributed by atoms with Crippen molar-refractivity contribution in [3.8, 4) is 0 Å². The van der Waals surface area contributed by atoms with Gasteiger partial charge in [0.05, 0.1) is 6.54 Å². The van der Waals surface area contributed by atoms with Crippen LogP contribution in [0.4, 0.5) is 5.69 Å². The molecule has 0 saturated carbocycles. The van der Waals surface area contributed by atoms with Gasteiger partial charge >= 0.3 is 0 Å². The Bertz CT molecular complexity index is 664. The molecule has 0 unspecified atom stereocenters. The van der Waals surface area contributed by atoms with Crippen LogP contribution in [0.15, 0.2) is 48.5 Å². The van der Waals surface area contributed by atoms with Gasteiger partial charge in [-0.3, -0.25) is 4.79 Å². The highest BCUT2D eigenvalue weighted by Crippen LogP contribution is 2.25. The molecule has 0 saturated heterocycles. The lowest BCUT2D eigenvalue weighted by atomic mass is 10.1. The molecule has 0 fully saturated rings. The fraction of sp³-hybridized carbons (Fsp3) is 0.350. The van der Waals surface area contributed by atoms with Crippen LogP contribution < -0.4 is 10.2 Å². The Morgan fingerprint density at radius 2 is 1.87 bits per heavy atom. The maximum absolute atomic E-state index is 12.3. The first-order chi connectivity index (χ1) is 11.2. The molecule has 0 atom stereocenters. The van der Waals surface area contributed by atoms with Crippen molar-refractivity contribution in [2.45, 2.75) is 32.7 Å². The van der Waals surface area contributed by atoms with Gasteiger partial charge in [0.1, 0.15) is 0 Å². The van der Waals surface area contributed by atoms with Crippen LogP contribution in [0.25, 0.3) is 0 Å². The Kier molecular flexibility index (Phi) is 4.96. The van der Waals surface area contributed by atoms with Crippen LogP contribution in [0.3, 0.4) is 0 Å². The molecule has 3 rings (SSSR count). The molecule has 23 heavy (non-hydrogen) atoms. The molecule has 1 aliphatic heterocycles. The molecule has 3 nitrogen and oxygen atoms in total. The number of hydrogen-bond acceptors (Lipinski definition) is 2. The van der Waals surface area contributed by atoms with E-state index in [1.165, 1.54) is 23.2 Å². The summed E-state index contributed by atoms with van der Waals surface area (Å²) in [4.78, 5) is 14.5. The second kappa shape index (κ2) is 7.32. The van der Waals surface area contributed by atoms with Gasteiger partial charge in [-0.05, 0) is 43.4 Å². The quantitative estimate of drug-likeness (QED) is 0.938. The van der Waals surface area contributed by atoms with Gasteiger partial charge in [0, 0.05) is 18.8 Å². The van der Waals surface area contributed by atoms with Crippen LogP contribution in [0, 0.1) is 6.92 Å². The Hall–Kier alpha value is -2.29. The predicted octanol–water partition coefficient (Wildman–Crippen LogP) is 3.45. The molecular formula is C20H24N2O. The molecule has 1 amide bonds. The first kappa shape index (κ1) is 15.6. The number of fused-ring (bicyclic) bond motifs is 1. The third kappa shape index (κ3) is 4.13. The van der Waals surface area contributed by atoms with Gasteiger partial charge in [-0.1, -0.05) is 48.0 Å². The molecular weight excluding hydrogens is 284 g/mol.